The average Bonchev–Trinajstić information content (AvgIpc) is 2.70. The summed E-state index contributed by atoms with van der Waals surface area (Å²) in [6.07, 6.45) is 0.137. The monoisotopic (exact) mass is 360 g/mol. The van der Waals surface area contributed by atoms with E-state index in [-0.39, 0.29) is 24.2 Å². The zero-order chi connectivity index (χ0) is 17.1. The van der Waals surface area contributed by atoms with Gasteiger partial charge in [-0.3, -0.25) is 9.59 Å². The van der Waals surface area contributed by atoms with Crippen molar-refractivity contribution in [1.29, 1.82) is 0 Å². The van der Waals surface area contributed by atoms with E-state index in [0.717, 1.165) is 16.1 Å². The SMILES string of the molecule is Cc1ccc(NC(=O)C[C@H]2CSc3ccccc3NC2=O)cc1Cl. The number of amides is 2. The molecular formula is C18H17ClN2O2S. The van der Waals surface area contributed by atoms with Gasteiger partial charge in [0.2, 0.25) is 11.8 Å². The zero-order valence-electron chi connectivity index (χ0n) is 13.1. The predicted octanol–water partition coefficient (Wildman–Crippen LogP) is 4.34. The third-order valence-electron chi connectivity index (χ3n) is 3.84. The van der Waals surface area contributed by atoms with Crippen molar-refractivity contribution in [2.75, 3.05) is 16.4 Å². The summed E-state index contributed by atoms with van der Waals surface area (Å²) < 4.78 is 0. The molecule has 2 amide bonds. The minimum absolute atomic E-state index is 0.121. The Morgan fingerprint density at radius 3 is 2.92 bits per heavy atom. The molecule has 6 heteroatoms. The highest BCUT2D eigenvalue weighted by Gasteiger charge is 2.26. The highest BCUT2D eigenvalue weighted by molar-refractivity contribution is 7.99. The van der Waals surface area contributed by atoms with E-state index in [2.05, 4.69) is 10.6 Å². The molecule has 0 saturated carbocycles. The van der Waals surface area contributed by atoms with Gasteiger partial charge in [0.1, 0.15) is 0 Å². The van der Waals surface area contributed by atoms with Crippen LogP contribution in [-0.2, 0) is 9.59 Å². The van der Waals surface area contributed by atoms with Crippen LogP contribution in [0.2, 0.25) is 5.02 Å². The van der Waals surface area contributed by atoms with E-state index >= 15 is 0 Å². The number of para-hydroxylation sites is 1. The zero-order valence-corrected chi connectivity index (χ0v) is 14.7. The number of hydrogen-bond donors (Lipinski definition) is 2. The Balaban J connectivity index is 1.64. The summed E-state index contributed by atoms with van der Waals surface area (Å²) in [4.78, 5) is 25.6. The highest BCUT2D eigenvalue weighted by Crippen LogP contribution is 2.33. The van der Waals surface area contributed by atoms with Crippen LogP contribution in [0.25, 0.3) is 0 Å². The van der Waals surface area contributed by atoms with E-state index < -0.39 is 0 Å². The Morgan fingerprint density at radius 2 is 2.12 bits per heavy atom. The third kappa shape index (κ3) is 3.91. The molecule has 4 nitrogen and oxygen atoms in total. The predicted molar refractivity (Wildman–Crippen MR) is 98.7 cm³/mol. The number of hydrogen-bond acceptors (Lipinski definition) is 3. The van der Waals surface area contributed by atoms with Crippen molar-refractivity contribution < 1.29 is 9.59 Å². The van der Waals surface area contributed by atoms with E-state index in [0.29, 0.717) is 16.5 Å². The molecule has 1 atom stereocenters. The number of carbonyl (C=O) groups excluding carboxylic acids is 2. The number of benzene rings is 2. The first kappa shape index (κ1) is 16.9. The van der Waals surface area contributed by atoms with Crippen LogP contribution in [0.5, 0.6) is 0 Å². The van der Waals surface area contributed by atoms with E-state index in [1.54, 1.807) is 23.9 Å². The van der Waals surface area contributed by atoms with Crippen molar-refractivity contribution in [2.45, 2.75) is 18.2 Å². The van der Waals surface area contributed by atoms with Gasteiger partial charge >= 0.3 is 0 Å². The van der Waals surface area contributed by atoms with Gasteiger partial charge in [0.25, 0.3) is 0 Å². The van der Waals surface area contributed by atoms with E-state index in [1.165, 1.54) is 0 Å². The fourth-order valence-corrected chi connectivity index (χ4v) is 3.73. The summed E-state index contributed by atoms with van der Waals surface area (Å²) in [7, 11) is 0. The molecule has 0 saturated heterocycles. The van der Waals surface area contributed by atoms with Crippen LogP contribution in [-0.4, -0.2) is 17.6 Å². The van der Waals surface area contributed by atoms with Crippen molar-refractivity contribution in [2.24, 2.45) is 5.92 Å². The molecule has 0 aliphatic carbocycles. The highest BCUT2D eigenvalue weighted by atomic mass is 35.5. The topological polar surface area (TPSA) is 58.2 Å². The number of thioether (sulfide) groups is 1. The number of halogens is 1. The van der Waals surface area contributed by atoms with Gasteiger partial charge in [0.05, 0.1) is 11.6 Å². The molecule has 124 valence electrons. The first-order valence-corrected chi connectivity index (χ1v) is 8.98. The molecule has 1 aliphatic heterocycles. The van der Waals surface area contributed by atoms with Crippen molar-refractivity contribution >= 4 is 46.6 Å². The van der Waals surface area contributed by atoms with E-state index in [1.807, 2.05) is 37.3 Å². The Kier molecular flexibility index (Phi) is 5.11. The van der Waals surface area contributed by atoms with Gasteiger partial charge in [-0.2, -0.15) is 0 Å². The average molecular weight is 361 g/mol. The summed E-state index contributed by atoms with van der Waals surface area (Å²) in [6.45, 7) is 1.90. The van der Waals surface area contributed by atoms with Crippen LogP contribution in [0.4, 0.5) is 11.4 Å². The van der Waals surface area contributed by atoms with Crippen LogP contribution >= 0.6 is 23.4 Å². The molecule has 24 heavy (non-hydrogen) atoms. The maximum Gasteiger partial charge on any atom is 0.228 e. The lowest BCUT2D eigenvalue weighted by Gasteiger charge is -2.13. The molecule has 1 aliphatic rings. The standard InChI is InChI=1S/C18H17ClN2O2S/c1-11-6-7-13(9-14(11)19)20-17(22)8-12-10-24-16-5-3-2-4-15(16)21-18(12)23/h2-7,9,12H,8,10H2,1H3,(H,20,22)(H,21,23)/t12-/m0/s1. The van der Waals surface area contributed by atoms with Crippen molar-refractivity contribution in [3.8, 4) is 0 Å². The fourth-order valence-electron chi connectivity index (χ4n) is 2.45. The molecule has 0 spiro atoms. The van der Waals surface area contributed by atoms with Crippen LogP contribution in [0.3, 0.4) is 0 Å². The molecule has 2 aromatic carbocycles. The summed E-state index contributed by atoms with van der Waals surface area (Å²) in [5.41, 5.74) is 2.40. The summed E-state index contributed by atoms with van der Waals surface area (Å²) in [6, 6.07) is 13.0. The summed E-state index contributed by atoms with van der Waals surface area (Å²) in [5, 5.41) is 6.31. The molecule has 0 unspecified atom stereocenters. The molecule has 0 aromatic heterocycles. The molecule has 0 radical (unpaired) electrons. The largest absolute Gasteiger partial charge is 0.326 e. The van der Waals surface area contributed by atoms with Gasteiger partial charge in [-0.05, 0) is 36.8 Å². The minimum atomic E-state index is -0.372. The number of carbonyl (C=O) groups is 2. The van der Waals surface area contributed by atoms with Crippen LogP contribution < -0.4 is 10.6 Å². The third-order valence-corrected chi connectivity index (χ3v) is 5.49. The number of nitrogens with one attached hydrogen (secondary N) is 2. The van der Waals surface area contributed by atoms with Crippen LogP contribution in [0, 0.1) is 12.8 Å². The van der Waals surface area contributed by atoms with Gasteiger partial charge in [-0.25, -0.2) is 0 Å². The Hall–Kier alpha value is -1.98. The molecule has 0 bridgehead atoms. The molecular weight excluding hydrogens is 344 g/mol. The Morgan fingerprint density at radius 1 is 1.33 bits per heavy atom. The van der Waals surface area contributed by atoms with E-state index in [4.69, 9.17) is 11.6 Å². The summed E-state index contributed by atoms with van der Waals surface area (Å²) >= 11 is 7.66. The quantitative estimate of drug-likeness (QED) is 0.856. The smallest absolute Gasteiger partial charge is 0.228 e. The maximum atomic E-state index is 12.3. The van der Waals surface area contributed by atoms with Gasteiger partial charge in [0.15, 0.2) is 0 Å². The lowest BCUT2D eigenvalue weighted by Crippen LogP contribution is -2.28. The summed E-state index contributed by atoms with van der Waals surface area (Å²) in [5.74, 6) is -0.111. The molecule has 2 N–H and O–H groups in total. The normalized spacial score (nSPS) is 16.8. The van der Waals surface area contributed by atoms with Crippen LogP contribution in [0.1, 0.15) is 12.0 Å². The first-order valence-electron chi connectivity index (χ1n) is 7.61. The van der Waals surface area contributed by atoms with Gasteiger partial charge < -0.3 is 10.6 Å². The number of fused-ring (bicyclic) bond motifs is 1. The number of anilines is 2. The molecule has 1 heterocycles. The minimum Gasteiger partial charge on any atom is -0.326 e. The van der Waals surface area contributed by atoms with Gasteiger partial charge in [-0.15, -0.1) is 11.8 Å². The van der Waals surface area contributed by atoms with E-state index in [9.17, 15) is 9.59 Å². The second kappa shape index (κ2) is 7.28. The lowest BCUT2D eigenvalue weighted by molar-refractivity contribution is -0.124. The lowest BCUT2D eigenvalue weighted by atomic mass is 10.1. The molecule has 3 rings (SSSR count). The maximum absolute atomic E-state index is 12.3. The first-order chi connectivity index (χ1) is 11.5. The van der Waals surface area contributed by atoms with Gasteiger partial charge in [0, 0.05) is 27.8 Å². The van der Waals surface area contributed by atoms with Crippen LogP contribution in [0.15, 0.2) is 47.4 Å². The van der Waals surface area contributed by atoms with Crippen molar-refractivity contribution in [3.63, 3.8) is 0 Å². The number of aryl methyl sites for hydroxylation is 1. The molecule has 2 aromatic rings. The molecule has 0 fully saturated rings. The Bertz CT molecular complexity index is 794. The fraction of sp³-hybridized carbons (Fsp3) is 0.222. The van der Waals surface area contributed by atoms with Crippen molar-refractivity contribution in [3.05, 3.63) is 53.1 Å². The second-order valence-electron chi connectivity index (χ2n) is 5.71. The van der Waals surface area contributed by atoms with Gasteiger partial charge in [-0.1, -0.05) is 29.8 Å². The number of rotatable bonds is 3. The Labute approximate surface area is 150 Å². The van der Waals surface area contributed by atoms with Crippen molar-refractivity contribution in [1.82, 2.24) is 0 Å². The second-order valence-corrected chi connectivity index (χ2v) is 7.18.